The molecule has 1 amide bonds. The third kappa shape index (κ3) is 3.92. The van der Waals surface area contributed by atoms with Crippen LogP contribution in [0.5, 0.6) is 0 Å². The molecule has 1 aromatic carbocycles. The molecule has 0 saturated carbocycles. The number of pyridine rings is 1. The Bertz CT molecular complexity index is 947. The number of amides is 1. The van der Waals surface area contributed by atoms with Crippen molar-refractivity contribution >= 4 is 28.6 Å². The van der Waals surface area contributed by atoms with Crippen molar-refractivity contribution in [1.29, 1.82) is 5.41 Å². The van der Waals surface area contributed by atoms with E-state index in [1.165, 1.54) is 0 Å². The number of nitrogens with two attached hydrogens (primary N) is 1. The van der Waals surface area contributed by atoms with Crippen LogP contribution in [0.25, 0.3) is 11.0 Å². The zero-order valence-corrected chi connectivity index (χ0v) is 15.5. The summed E-state index contributed by atoms with van der Waals surface area (Å²) in [5.41, 5.74) is 8.72. The number of H-pyrrole nitrogens is 1. The van der Waals surface area contributed by atoms with E-state index in [0.29, 0.717) is 12.1 Å². The summed E-state index contributed by atoms with van der Waals surface area (Å²) in [6.07, 6.45) is 4.36. The van der Waals surface area contributed by atoms with Gasteiger partial charge in [-0.05, 0) is 43.2 Å². The number of nitrogens with zero attached hydrogens (tertiary/aromatic N) is 2. The first-order valence-electron chi connectivity index (χ1n) is 8.95. The fraction of sp³-hybridized carbons (Fsp3) is 0.250. The smallest absolute Gasteiger partial charge is 0.255 e. The maximum absolute atomic E-state index is 12.6. The van der Waals surface area contributed by atoms with Gasteiger partial charge in [-0.3, -0.25) is 10.2 Å². The lowest BCUT2D eigenvalue weighted by Gasteiger charge is -2.29. The van der Waals surface area contributed by atoms with E-state index < -0.39 is 0 Å². The van der Waals surface area contributed by atoms with Gasteiger partial charge in [-0.1, -0.05) is 19.1 Å². The van der Waals surface area contributed by atoms with E-state index in [-0.39, 0.29) is 17.9 Å². The Morgan fingerprint density at radius 2 is 2.04 bits per heavy atom. The van der Waals surface area contributed by atoms with E-state index in [1.54, 1.807) is 30.6 Å². The van der Waals surface area contributed by atoms with E-state index >= 15 is 0 Å². The molecule has 0 aliphatic heterocycles. The molecule has 140 valence electrons. The Kier molecular flexibility index (Phi) is 5.40. The van der Waals surface area contributed by atoms with Crippen LogP contribution in [0.15, 0.2) is 48.8 Å². The summed E-state index contributed by atoms with van der Waals surface area (Å²) in [6.45, 7) is 4.77. The number of carbonyl (C=O) groups excluding carboxylic acids is 1. The average molecular weight is 364 g/mol. The van der Waals surface area contributed by atoms with Gasteiger partial charge in [0.15, 0.2) is 5.96 Å². The molecule has 2 aromatic heterocycles. The molecule has 7 heteroatoms. The number of hydrogen-bond donors (Lipinski definition) is 4. The molecule has 1 atom stereocenters. The van der Waals surface area contributed by atoms with Crippen molar-refractivity contribution in [1.82, 2.24) is 14.9 Å². The highest BCUT2D eigenvalue weighted by atomic mass is 16.1. The third-order valence-corrected chi connectivity index (χ3v) is 4.61. The van der Waals surface area contributed by atoms with E-state index in [9.17, 15) is 4.79 Å². The highest BCUT2D eigenvalue weighted by Gasteiger charge is 2.17. The van der Waals surface area contributed by atoms with Crippen molar-refractivity contribution in [2.75, 3.05) is 11.9 Å². The van der Waals surface area contributed by atoms with Gasteiger partial charge in [0.25, 0.3) is 5.91 Å². The number of aromatic nitrogens is 2. The van der Waals surface area contributed by atoms with Crippen LogP contribution in [0.4, 0.5) is 5.69 Å². The van der Waals surface area contributed by atoms with E-state index in [0.717, 1.165) is 28.7 Å². The molecule has 0 saturated heterocycles. The van der Waals surface area contributed by atoms with Crippen LogP contribution in [0.3, 0.4) is 0 Å². The number of nitrogens with one attached hydrogen (secondary N) is 3. The van der Waals surface area contributed by atoms with Gasteiger partial charge in [-0.2, -0.15) is 0 Å². The zero-order valence-electron chi connectivity index (χ0n) is 15.5. The van der Waals surface area contributed by atoms with Gasteiger partial charge >= 0.3 is 0 Å². The lowest BCUT2D eigenvalue weighted by Crippen LogP contribution is -2.38. The quantitative estimate of drug-likeness (QED) is 0.396. The van der Waals surface area contributed by atoms with Crippen LogP contribution in [0, 0.1) is 5.41 Å². The minimum absolute atomic E-state index is 0.0285. The number of hydrogen-bond acceptors (Lipinski definition) is 3. The molecule has 0 radical (unpaired) electrons. The summed E-state index contributed by atoms with van der Waals surface area (Å²) < 4.78 is 0. The van der Waals surface area contributed by atoms with Crippen molar-refractivity contribution in [2.24, 2.45) is 5.73 Å². The van der Waals surface area contributed by atoms with Crippen molar-refractivity contribution in [3.05, 3.63) is 59.9 Å². The highest BCUT2D eigenvalue weighted by Crippen LogP contribution is 2.23. The highest BCUT2D eigenvalue weighted by molar-refractivity contribution is 6.08. The standard InChI is InChI=1S/C20H24N6O/c1-3-12-26(20(21)22)13(2)14-4-6-15(7-5-14)19(27)25-17-9-11-24-18-16(17)8-10-23-18/h4-11,13H,3,12H2,1-2H3,(H3,21,22)(H2,23,24,25,27). The first-order chi connectivity index (χ1) is 13.0. The fourth-order valence-electron chi connectivity index (χ4n) is 3.12. The summed E-state index contributed by atoms with van der Waals surface area (Å²) in [6, 6.07) is 11.0. The normalized spacial score (nSPS) is 11.9. The number of rotatable bonds is 6. The minimum Gasteiger partial charge on any atom is -0.370 e. The number of anilines is 1. The van der Waals surface area contributed by atoms with Crippen molar-refractivity contribution < 1.29 is 4.79 Å². The topological polar surface area (TPSA) is 111 Å². The number of benzene rings is 1. The molecule has 3 rings (SSSR count). The van der Waals surface area contributed by atoms with E-state index in [1.807, 2.05) is 30.0 Å². The molecule has 0 aliphatic rings. The predicted octanol–water partition coefficient (Wildman–Crippen LogP) is 3.48. The van der Waals surface area contributed by atoms with Gasteiger partial charge in [0.2, 0.25) is 0 Å². The van der Waals surface area contributed by atoms with Gasteiger partial charge in [0.1, 0.15) is 5.65 Å². The molecule has 0 spiro atoms. The SMILES string of the molecule is CCCN(C(=N)N)C(C)c1ccc(C(=O)Nc2ccnc3[nH]ccc23)cc1. The summed E-state index contributed by atoms with van der Waals surface area (Å²) >= 11 is 0. The summed E-state index contributed by atoms with van der Waals surface area (Å²) in [4.78, 5) is 21.7. The van der Waals surface area contributed by atoms with Crippen LogP contribution in [-0.2, 0) is 0 Å². The lowest BCUT2D eigenvalue weighted by molar-refractivity contribution is 0.102. The molecule has 0 bridgehead atoms. The minimum atomic E-state index is -0.181. The Balaban J connectivity index is 1.75. The van der Waals surface area contributed by atoms with Crippen LogP contribution >= 0.6 is 0 Å². The summed E-state index contributed by atoms with van der Waals surface area (Å²) in [7, 11) is 0. The van der Waals surface area contributed by atoms with Gasteiger partial charge in [-0.25, -0.2) is 4.98 Å². The van der Waals surface area contributed by atoms with Crippen LogP contribution in [0.2, 0.25) is 0 Å². The first kappa shape index (κ1) is 18.4. The van der Waals surface area contributed by atoms with Crippen molar-refractivity contribution in [2.45, 2.75) is 26.3 Å². The van der Waals surface area contributed by atoms with Gasteiger partial charge in [0, 0.05) is 29.9 Å². The molecule has 3 aromatic rings. The summed E-state index contributed by atoms with van der Waals surface area (Å²) in [5, 5.41) is 11.6. The zero-order chi connectivity index (χ0) is 19.4. The van der Waals surface area contributed by atoms with Crippen molar-refractivity contribution in [3.8, 4) is 0 Å². The molecule has 0 fully saturated rings. The Morgan fingerprint density at radius 3 is 2.70 bits per heavy atom. The van der Waals surface area contributed by atoms with Crippen LogP contribution in [-0.4, -0.2) is 33.3 Å². The maximum atomic E-state index is 12.6. The lowest BCUT2D eigenvalue weighted by atomic mass is 10.0. The molecule has 27 heavy (non-hydrogen) atoms. The second kappa shape index (κ2) is 7.90. The molecular formula is C20H24N6O. The number of fused-ring (bicyclic) bond motifs is 1. The van der Waals surface area contributed by atoms with Crippen LogP contribution < -0.4 is 11.1 Å². The van der Waals surface area contributed by atoms with E-state index in [4.69, 9.17) is 11.1 Å². The molecule has 1 unspecified atom stereocenters. The second-order valence-electron chi connectivity index (χ2n) is 6.43. The van der Waals surface area contributed by atoms with Gasteiger partial charge in [-0.15, -0.1) is 0 Å². The Hall–Kier alpha value is -3.35. The predicted molar refractivity (Wildman–Crippen MR) is 108 cm³/mol. The summed E-state index contributed by atoms with van der Waals surface area (Å²) in [5.74, 6) is -0.126. The van der Waals surface area contributed by atoms with Gasteiger partial charge in [0.05, 0.1) is 11.7 Å². The Morgan fingerprint density at radius 1 is 1.30 bits per heavy atom. The molecule has 7 nitrogen and oxygen atoms in total. The van der Waals surface area contributed by atoms with Gasteiger partial charge < -0.3 is 20.9 Å². The number of guanidine groups is 1. The third-order valence-electron chi connectivity index (χ3n) is 4.61. The maximum Gasteiger partial charge on any atom is 0.255 e. The molecule has 5 N–H and O–H groups in total. The van der Waals surface area contributed by atoms with Crippen LogP contribution in [0.1, 0.15) is 42.2 Å². The molecule has 2 heterocycles. The molecule has 0 aliphatic carbocycles. The number of carbonyl (C=O) groups is 1. The van der Waals surface area contributed by atoms with Crippen molar-refractivity contribution in [3.63, 3.8) is 0 Å². The Labute approximate surface area is 158 Å². The second-order valence-corrected chi connectivity index (χ2v) is 6.43. The fourth-order valence-corrected chi connectivity index (χ4v) is 3.12. The largest absolute Gasteiger partial charge is 0.370 e. The van der Waals surface area contributed by atoms with E-state index in [2.05, 4.69) is 22.2 Å². The first-order valence-corrected chi connectivity index (χ1v) is 8.95. The average Bonchev–Trinajstić information content (AvgIpc) is 3.15. The number of aromatic amines is 1. The molecular weight excluding hydrogens is 340 g/mol. The monoisotopic (exact) mass is 364 g/mol.